The van der Waals surface area contributed by atoms with E-state index in [-0.39, 0.29) is 11.3 Å². The van der Waals surface area contributed by atoms with Crippen molar-refractivity contribution >= 4 is 11.9 Å². The summed E-state index contributed by atoms with van der Waals surface area (Å²) in [5, 5.41) is 12.0. The molecule has 6 atom stereocenters. The highest BCUT2D eigenvalue weighted by molar-refractivity contribution is 5.87. The van der Waals surface area contributed by atoms with Crippen LogP contribution in [0.15, 0.2) is 11.6 Å². The minimum Gasteiger partial charge on any atom is -0.480 e. The number of carbonyl (C=O) groups excluding carboxylic acids is 1. The highest BCUT2D eigenvalue weighted by Gasteiger charge is 2.57. The molecular formula is C23H37NO3. The molecular weight excluding hydrogens is 338 g/mol. The average Bonchev–Trinajstić information content (AvgIpc) is 2.61. The number of carboxylic acids is 1. The van der Waals surface area contributed by atoms with E-state index in [1.807, 2.05) is 0 Å². The summed E-state index contributed by atoms with van der Waals surface area (Å²) in [5.74, 6) is -0.0776. The number of hydrogen-bond acceptors (Lipinski definition) is 2. The number of fused-ring (bicyclic) bond motifs is 3. The first kappa shape index (κ1) is 20.4. The van der Waals surface area contributed by atoms with Crippen LogP contribution in [0.25, 0.3) is 0 Å². The van der Waals surface area contributed by atoms with Crippen molar-refractivity contribution in [1.82, 2.24) is 5.32 Å². The first-order valence-corrected chi connectivity index (χ1v) is 10.8. The molecule has 0 saturated heterocycles. The summed E-state index contributed by atoms with van der Waals surface area (Å²) in [6.07, 6.45) is 11.5. The normalized spacial score (nSPS) is 42.3. The Balaban J connectivity index is 1.89. The molecule has 0 radical (unpaired) electrons. The molecule has 3 rings (SSSR count). The van der Waals surface area contributed by atoms with E-state index in [1.165, 1.54) is 19.3 Å². The molecule has 1 amide bonds. The number of hydrogen-bond donors (Lipinski definition) is 2. The summed E-state index contributed by atoms with van der Waals surface area (Å²) in [5.41, 5.74) is 1.63. The van der Waals surface area contributed by atoms with Crippen molar-refractivity contribution in [3.63, 3.8) is 0 Å². The van der Waals surface area contributed by atoms with E-state index in [2.05, 4.69) is 39.1 Å². The minimum absolute atomic E-state index is 0.0680. The van der Waals surface area contributed by atoms with Gasteiger partial charge in [-0.2, -0.15) is 0 Å². The third kappa shape index (κ3) is 3.34. The van der Waals surface area contributed by atoms with E-state index in [4.69, 9.17) is 0 Å². The molecule has 0 aromatic heterocycles. The lowest BCUT2D eigenvalue weighted by molar-refractivity contribution is -0.148. The molecule has 4 heteroatoms. The fraction of sp³-hybridized carbons (Fsp3) is 0.826. The first-order chi connectivity index (χ1) is 12.6. The van der Waals surface area contributed by atoms with Crippen molar-refractivity contribution < 1.29 is 14.7 Å². The fourth-order valence-corrected chi connectivity index (χ4v) is 6.48. The van der Waals surface area contributed by atoms with Gasteiger partial charge in [0, 0.05) is 0 Å². The monoisotopic (exact) mass is 375 g/mol. The Kier molecular flexibility index (Phi) is 5.24. The van der Waals surface area contributed by atoms with Crippen LogP contribution in [0.3, 0.4) is 0 Å². The molecule has 0 aromatic carbocycles. The number of nitrogens with one attached hydrogen (secondary N) is 1. The Morgan fingerprint density at radius 1 is 1.26 bits per heavy atom. The predicted octanol–water partition coefficient (Wildman–Crippen LogP) is 4.93. The highest BCUT2D eigenvalue weighted by Crippen LogP contribution is 2.63. The fourth-order valence-electron chi connectivity index (χ4n) is 6.48. The van der Waals surface area contributed by atoms with E-state index in [0.29, 0.717) is 17.3 Å². The Bertz CT molecular complexity index is 656. The van der Waals surface area contributed by atoms with Gasteiger partial charge in [-0.3, -0.25) is 9.59 Å². The Labute approximate surface area is 164 Å². The lowest BCUT2D eigenvalue weighted by Crippen LogP contribution is -2.57. The summed E-state index contributed by atoms with van der Waals surface area (Å²) < 4.78 is 0. The van der Waals surface area contributed by atoms with Crippen molar-refractivity contribution in [2.24, 2.45) is 28.1 Å². The predicted molar refractivity (Wildman–Crippen MR) is 107 cm³/mol. The Morgan fingerprint density at radius 2 is 1.96 bits per heavy atom. The van der Waals surface area contributed by atoms with E-state index in [1.54, 1.807) is 12.5 Å². The Morgan fingerprint density at radius 3 is 2.59 bits per heavy atom. The number of carboxylic acid groups (broad SMARTS) is 1. The minimum atomic E-state index is -0.969. The van der Waals surface area contributed by atoms with Gasteiger partial charge >= 0.3 is 5.97 Å². The van der Waals surface area contributed by atoms with Crippen LogP contribution in [0.5, 0.6) is 0 Å². The van der Waals surface area contributed by atoms with Crippen molar-refractivity contribution in [2.75, 3.05) is 0 Å². The zero-order chi connectivity index (χ0) is 20.0. The molecule has 0 heterocycles. The van der Waals surface area contributed by atoms with Crippen LogP contribution in [-0.2, 0) is 9.59 Å². The van der Waals surface area contributed by atoms with Crippen LogP contribution in [0.4, 0.5) is 0 Å². The van der Waals surface area contributed by atoms with Gasteiger partial charge in [0.05, 0.1) is 5.41 Å². The molecule has 2 unspecified atom stereocenters. The average molecular weight is 376 g/mol. The summed E-state index contributed by atoms with van der Waals surface area (Å²) in [7, 11) is 0. The van der Waals surface area contributed by atoms with Gasteiger partial charge in [-0.05, 0) is 68.1 Å². The summed E-state index contributed by atoms with van der Waals surface area (Å²) in [6, 6.07) is -0.835. The Hall–Kier alpha value is -1.32. The highest BCUT2D eigenvalue weighted by atomic mass is 16.4. The van der Waals surface area contributed by atoms with Crippen LogP contribution in [0.2, 0.25) is 0 Å². The maximum atomic E-state index is 13.1. The first-order valence-electron chi connectivity index (χ1n) is 10.8. The molecule has 2 fully saturated rings. The summed E-state index contributed by atoms with van der Waals surface area (Å²) >= 11 is 0. The second-order valence-corrected chi connectivity index (χ2v) is 10.3. The molecule has 4 nitrogen and oxygen atoms in total. The smallest absolute Gasteiger partial charge is 0.325 e. The molecule has 2 saturated carbocycles. The standard InChI is InChI=1S/C23H37NO3/c1-6-21(3)13-10-17-16(14-21)8-9-18-22(17,4)11-7-12-23(18,5)20(27)24-15(2)19(25)26/h10,15-16,18H,6-9,11-14H2,1-5H3,(H,24,27)(H,25,26)/t15-,16?,18?,21+,22+,23-/m1/s1. The molecule has 0 aromatic rings. The number of carbonyl (C=O) groups is 2. The molecule has 2 N–H and O–H groups in total. The SMILES string of the molecule is CC[C@@]1(C)CC=C2C(CCC3[C@](C)(C(=O)N[C@H](C)C(=O)O)CCC[C@@]23C)C1. The van der Waals surface area contributed by atoms with Crippen LogP contribution < -0.4 is 5.32 Å². The van der Waals surface area contributed by atoms with Crippen molar-refractivity contribution in [2.45, 2.75) is 92.0 Å². The second-order valence-electron chi connectivity index (χ2n) is 10.3. The third-order valence-corrected chi connectivity index (χ3v) is 8.48. The van der Waals surface area contributed by atoms with Gasteiger partial charge in [-0.25, -0.2) is 0 Å². The summed E-state index contributed by atoms with van der Waals surface area (Å²) in [6.45, 7) is 10.7. The van der Waals surface area contributed by atoms with Crippen LogP contribution in [0, 0.1) is 28.1 Å². The molecule has 27 heavy (non-hydrogen) atoms. The van der Waals surface area contributed by atoms with Crippen molar-refractivity contribution in [3.8, 4) is 0 Å². The third-order valence-electron chi connectivity index (χ3n) is 8.48. The van der Waals surface area contributed by atoms with Gasteiger partial charge in [0.25, 0.3) is 0 Å². The summed E-state index contributed by atoms with van der Waals surface area (Å²) in [4.78, 5) is 24.4. The molecule has 0 aliphatic heterocycles. The van der Waals surface area contributed by atoms with E-state index in [0.717, 1.165) is 32.1 Å². The topological polar surface area (TPSA) is 66.4 Å². The van der Waals surface area contributed by atoms with Crippen molar-refractivity contribution in [1.29, 1.82) is 0 Å². The van der Waals surface area contributed by atoms with Gasteiger partial charge in [0.1, 0.15) is 6.04 Å². The number of aliphatic carboxylic acids is 1. The van der Waals surface area contributed by atoms with E-state index >= 15 is 0 Å². The molecule has 0 spiro atoms. The van der Waals surface area contributed by atoms with Crippen molar-refractivity contribution in [3.05, 3.63) is 11.6 Å². The van der Waals surface area contributed by atoms with E-state index in [9.17, 15) is 14.7 Å². The van der Waals surface area contributed by atoms with Crippen LogP contribution >= 0.6 is 0 Å². The zero-order valence-corrected chi connectivity index (χ0v) is 17.7. The van der Waals surface area contributed by atoms with Gasteiger partial charge < -0.3 is 10.4 Å². The molecule has 3 aliphatic carbocycles. The second kappa shape index (κ2) is 6.93. The number of rotatable bonds is 4. The number of allylic oxidation sites excluding steroid dienone is 2. The molecule has 3 aliphatic rings. The number of amides is 1. The maximum absolute atomic E-state index is 13.1. The van der Waals surface area contributed by atoms with E-state index < -0.39 is 17.4 Å². The lowest BCUT2D eigenvalue weighted by Gasteiger charge is -2.58. The van der Waals surface area contributed by atoms with Gasteiger partial charge in [0.2, 0.25) is 5.91 Å². The maximum Gasteiger partial charge on any atom is 0.325 e. The molecule has 152 valence electrons. The lowest BCUT2D eigenvalue weighted by atomic mass is 9.46. The van der Waals surface area contributed by atoms with Gasteiger partial charge in [-0.1, -0.05) is 52.2 Å². The van der Waals surface area contributed by atoms with Crippen LogP contribution in [-0.4, -0.2) is 23.0 Å². The molecule has 0 bridgehead atoms. The van der Waals surface area contributed by atoms with Crippen LogP contribution in [0.1, 0.15) is 86.0 Å². The largest absolute Gasteiger partial charge is 0.480 e. The zero-order valence-electron chi connectivity index (χ0n) is 17.7. The quantitative estimate of drug-likeness (QED) is 0.684. The van der Waals surface area contributed by atoms with Gasteiger partial charge in [-0.15, -0.1) is 0 Å². The van der Waals surface area contributed by atoms with Gasteiger partial charge in [0.15, 0.2) is 0 Å².